The summed E-state index contributed by atoms with van der Waals surface area (Å²) in [5.41, 5.74) is 1.75. The number of aliphatic imine (C=N–C) groups is 1. The summed E-state index contributed by atoms with van der Waals surface area (Å²) >= 11 is 0. The zero-order valence-corrected chi connectivity index (χ0v) is 19.6. The van der Waals surface area contributed by atoms with Crippen LogP contribution in [-0.2, 0) is 4.74 Å². The average Bonchev–Trinajstić information content (AvgIpc) is 3.23. The van der Waals surface area contributed by atoms with Gasteiger partial charge in [-0.2, -0.15) is 5.10 Å². The Labute approximate surface area is 195 Å². The predicted octanol–water partition coefficient (Wildman–Crippen LogP) is 4.11. The molecule has 0 saturated carbocycles. The lowest BCUT2D eigenvalue weighted by atomic mass is 10.2. The second kappa shape index (κ2) is 8.75. The number of halogens is 1. The van der Waals surface area contributed by atoms with Crippen molar-refractivity contribution in [1.82, 2.24) is 19.5 Å². The highest BCUT2D eigenvalue weighted by molar-refractivity contribution is 7.70. The highest BCUT2D eigenvalue weighted by atomic mass is 31.2. The van der Waals surface area contributed by atoms with Gasteiger partial charge < -0.3 is 9.41 Å². The Morgan fingerprint density at radius 2 is 1.88 bits per heavy atom. The van der Waals surface area contributed by atoms with Crippen molar-refractivity contribution in [2.75, 3.05) is 33.4 Å². The molecule has 1 N–H and O–H groups in total. The molecule has 5 rings (SSSR count). The average molecular weight is 483 g/mol. The molecule has 2 aromatic carbocycles. The summed E-state index contributed by atoms with van der Waals surface area (Å²) in [7, 11) is -0.914. The topological polar surface area (TPSA) is 112 Å². The molecule has 1 unspecified atom stereocenters. The summed E-state index contributed by atoms with van der Waals surface area (Å²) in [6, 6.07) is 12.6. The van der Waals surface area contributed by atoms with Crippen LogP contribution >= 0.6 is 7.36 Å². The molecule has 1 aromatic heterocycles. The number of aromatic nitrogens is 2. The molecule has 2 aliphatic rings. The third-order valence-corrected chi connectivity index (χ3v) is 9.81. The number of nitrogens with one attached hydrogen (secondary N) is 1. The molecule has 10 nitrogen and oxygen atoms in total. The number of hydrogen-bond donors (Lipinski definition) is 1. The fraction of sp³-hybridized carbons (Fsp3) is 0.273. The van der Waals surface area contributed by atoms with Crippen molar-refractivity contribution in [3.05, 3.63) is 75.7 Å². The van der Waals surface area contributed by atoms with Gasteiger partial charge in [-0.05, 0) is 31.2 Å². The highest BCUT2D eigenvalue weighted by Crippen LogP contribution is 2.61. The van der Waals surface area contributed by atoms with Crippen LogP contribution in [0.2, 0.25) is 0 Å². The van der Waals surface area contributed by atoms with Crippen LogP contribution in [0.1, 0.15) is 11.3 Å². The minimum Gasteiger partial charge on any atom is -0.379 e. The van der Waals surface area contributed by atoms with Gasteiger partial charge in [0.05, 0.1) is 34.7 Å². The summed E-state index contributed by atoms with van der Waals surface area (Å²) in [4.78, 5) is 15.4. The molecule has 1 saturated heterocycles. The largest absolute Gasteiger partial charge is 0.379 e. The Morgan fingerprint density at radius 1 is 1.18 bits per heavy atom. The van der Waals surface area contributed by atoms with E-state index in [9.17, 15) is 14.5 Å². The lowest BCUT2D eigenvalue weighted by molar-refractivity contribution is -0.384. The van der Waals surface area contributed by atoms with E-state index < -0.39 is 12.3 Å². The second-order valence-corrected chi connectivity index (χ2v) is 10.9. The zero-order chi connectivity index (χ0) is 23.9. The summed E-state index contributed by atoms with van der Waals surface area (Å²) in [6.45, 7) is 4.21. The van der Waals surface area contributed by atoms with Gasteiger partial charge in [0.1, 0.15) is 11.7 Å². The van der Waals surface area contributed by atoms with Gasteiger partial charge in [0.2, 0.25) is 0 Å². The van der Waals surface area contributed by atoms with Crippen molar-refractivity contribution >= 4 is 35.7 Å². The molecule has 0 radical (unpaired) electrons. The van der Waals surface area contributed by atoms with Crippen molar-refractivity contribution in [2.45, 2.75) is 6.92 Å². The monoisotopic (exact) mass is 483 g/mol. The Balaban J connectivity index is 1.79. The minimum atomic E-state index is -2.79. The number of ether oxygens (including phenoxy) is 1. The first-order valence-corrected chi connectivity index (χ1v) is 12.4. The smallest absolute Gasteiger partial charge is 0.269 e. The molecule has 12 heteroatoms. The van der Waals surface area contributed by atoms with Gasteiger partial charge in [0.25, 0.3) is 5.69 Å². The molecule has 0 spiro atoms. The maximum Gasteiger partial charge on any atom is 0.269 e. The maximum atomic E-state index is 14.9. The lowest BCUT2D eigenvalue weighted by Crippen LogP contribution is -2.45. The van der Waals surface area contributed by atoms with Gasteiger partial charge in [-0.15, -0.1) is 0 Å². The minimum absolute atomic E-state index is 0.0107. The van der Waals surface area contributed by atoms with Crippen molar-refractivity contribution < 1.29 is 14.1 Å². The molecule has 2 aliphatic heterocycles. The molecule has 34 heavy (non-hydrogen) atoms. The fourth-order valence-corrected chi connectivity index (χ4v) is 8.11. The number of aromatic amines is 1. The normalized spacial score (nSPS) is 20.6. The van der Waals surface area contributed by atoms with E-state index >= 15 is 0 Å². The first-order chi connectivity index (χ1) is 16.4. The molecule has 1 atom stereocenters. The van der Waals surface area contributed by atoms with Gasteiger partial charge in [-0.1, -0.05) is 12.1 Å². The Morgan fingerprint density at radius 3 is 2.56 bits per heavy atom. The van der Waals surface area contributed by atoms with E-state index in [0.29, 0.717) is 49.2 Å². The maximum absolute atomic E-state index is 14.9. The van der Waals surface area contributed by atoms with Crippen molar-refractivity contribution in [2.24, 2.45) is 9.74 Å². The van der Waals surface area contributed by atoms with E-state index in [0.717, 1.165) is 11.0 Å². The number of morpholine rings is 1. The number of hydrogen-bond acceptors (Lipinski definition) is 6. The number of rotatable bonds is 4. The summed E-state index contributed by atoms with van der Waals surface area (Å²) in [5.74, 6) is 0.515. The van der Waals surface area contributed by atoms with Crippen LogP contribution in [0.25, 0.3) is 0 Å². The number of benzene rings is 2. The third-order valence-electron chi connectivity index (χ3n) is 5.95. The van der Waals surface area contributed by atoms with Crippen LogP contribution in [0.3, 0.4) is 0 Å². The number of nitro groups is 1. The van der Waals surface area contributed by atoms with Crippen LogP contribution in [0.4, 0.5) is 21.6 Å². The van der Waals surface area contributed by atoms with Crippen LogP contribution in [0.5, 0.6) is 0 Å². The summed E-state index contributed by atoms with van der Waals surface area (Å²) in [6.07, 6.45) is 0. The summed E-state index contributed by atoms with van der Waals surface area (Å²) in [5, 5.41) is 19.5. The van der Waals surface area contributed by atoms with Crippen LogP contribution in [0, 0.1) is 22.9 Å². The number of fused-ring (bicyclic) bond motifs is 1. The van der Waals surface area contributed by atoms with Crippen LogP contribution in [-0.4, -0.2) is 63.6 Å². The van der Waals surface area contributed by atoms with E-state index in [4.69, 9.17) is 14.5 Å². The molecule has 0 amide bonds. The number of aryl methyl sites for hydroxylation is 1. The molecule has 0 aliphatic carbocycles. The number of H-pyrrole nitrogens is 1. The highest BCUT2D eigenvalue weighted by Gasteiger charge is 2.45. The lowest BCUT2D eigenvalue weighted by Gasteiger charge is -2.46. The number of amidine groups is 1. The third kappa shape index (κ3) is 3.62. The number of nitro benzene ring substituents is 1. The van der Waals surface area contributed by atoms with Gasteiger partial charge >= 0.3 is 0 Å². The van der Waals surface area contributed by atoms with Crippen LogP contribution in [0.15, 0.2) is 58.3 Å². The van der Waals surface area contributed by atoms with E-state index in [-0.39, 0.29) is 11.5 Å². The Kier molecular flexibility index (Phi) is 5.76. The standard InChI is InChI=1S/C22H23FN7O3P/c1-15-20-21(26-25-15)24-22(18-5-3-4-6-19(18)23)28(2)34(20,29-11-13-33-14-12-29)27-16-7-9-17(10-8-16)30(31)32/h3-10H,11-14H2,1-2H3,(H,25,26). The summed E-state index contributed by atoms with van der Waals surface area (Å²) < 4.78 is 30.0. The van der Waals surface area contributed by atoms with Gasteiger partial charge in [0.15, 0.2) is 13.2 Å². The fourth-order valence-electron chi connectivity index (χ4n) is 4.33. The van der Waals surface area contributed by atoms with Gasteiger partial charge in [-0.25, -0.2) is 18.8 Å². The Hall–Kier alpha value is -3.40. The van der Waals surface area contributed by atoms with E-state index in [2.05, 4.69) is 14.9 Å². The first-order valence-electron chi connectivity index (χ1n) is 10.7. The molecule has 1 fully saturated rings. The quantitative estimate of drug-likeness (QED) is 0.340. The second-order valence-electron chi connectivity index (χ2n) is 7.97. The van der Waals surface area contributed by atoms with Gasteiger partial charge in [-0.3, -0.25) is 15.2 Å². The molecule has 3 aromatic rings. The molecule has 0 bridgehead atoms. The van der Waals surface area contributed by atoms with E-state index in [1.807, 2.05) is 18.6 Å². The van der Waals surface area contributed by atoms with Crippen molar-refractivity contribution in [1.29, 1.82) is 0 Å². The van der Waals surface area contributed by atoms with E-state index in [1.54, 1.807) is 30.3 Å². The van der Waals surface area contributed by atoms with Crippen LogP contribution < -0.4 is 5.30 Å². The first kappa shape index (κ1) is 22.4. The number of nitrogens with zero attached hydrogens (tertiary/aromatic N) is 6. The molecular weight excluding hydrogens is 460 g/mol. The molecule has 3 heterocycles. The Bertz CT molecular complexity index is 1330. The molecule has 176 valence electrons. The predicted molar refractivity (Wildman–Crippen MR) is 128 cm³/mol. The van der Waals surface area contributed by atoms with E-state index in [1.165, 1.54) is 18.2 Å². The van der Waals surface area contributed by atoms with Crippen molar-refractivity contribution in [3.8, 4) is 0 Å². The zero-order valence-electron chi connectivity index (χ0n) is 18.7. The van der Waals surface area contributed by atoms with Crippen molar-refractivity contribution in [3.63, 3.8) is 0 Å². The molecular formula is C22H23FN7O3P. The van der Waals surface area contributed by atoms with Gasteiger partial charge in [0, 0.05) is 38.0 Å². The SMILES string of the molecule is Cc1[nH]nc2c1P(=Nc1ccc([N+](=O)[O-])cc1)(N1CCOCC1)N(C)C(c1ccccc1F)=N2. The number of non-ortho nitro benzene ring substituents is 1.